The van der Waals surface area contributed by atoms with E-state index in [1.807, 2.05) is 0 Å². The summed E-state index contributed by atoms with van der Waals surface area (Å²) < 4.78 is 59.9. The largest absolute Gasteiger partial charge is 0.475 e. The van der Waals surface area contributed by atoms with E-state index < -0.39 is 29.5 Å². The number of alkyl halides is 2. The van der Waals surface area contributed by atoms with Crippen LogP contribution in [0.2, 0.25) is 0 Å². The molecule has 7 nitrogen and oxygen atoms in total. The van der Waals surface area contributed by atoms with Gasteiger partial charge >= 0.3 is 0 Å². The average molecular weight is 451 g/mol. The molecule has 1 amide bonds. The van der Waals surface area contributed by atoms with Crippen LogP contribution in [0.4, 0.5) is 17.6 Å². The summed E-state index contributed by atoms with van der Waals surface area (Å²) in [6.07, 6.45) is 3.71. The van der Waals surface area contributed by atoms with Crippen LogP contribution in [-0.2, 0) is 5.92 Å². The highest BCUT2D eigenvalue weighted by Gasteiger charge is 2.27. The van der Waals surface area contributed by atoms with Gasteiger partial charge in [0.1, 0.15) is 12.3 Å². The molecule has 0 radical (unpaired) electrons. The lowest BCUT2D eigenvalue weighted by Gasteiger charge is -2.28. The SMILES string of the molecule is CCN(C(=O)c1cc(F)c(F)cc1-n1nccn1)[C@@H](C)COc1ccc(C(C)(F)F)cn1. The van der Waals surface area contributed by atoms with Crippen molar-refractivity contribution >= 4 is 5.91 Å². The summed E-state index contributed by atoms with van der Waals surface area (Å²) in [5, 5.41) is 7.78. The Labute approximate surface area is 181 Å². The zero-order valence-corrected chi connectivity index (χ0v) is 17.6. The summed E-state index contributed by atoms with van der Waals surface area (Å²) in [5.74, 6) is -5.80. The zero-order chi connectivity index (χ0) is 23.5. The van der Waals surface area contributed by atoms with E-state index >= 15 is 0 Å². The lowest BCUT2D eigenvalue weighted by atomic mass is 10.1. The Hall–Kier alpha value is -3.50. The minimum absolute atomic E-state index is 0.00647. The van der Waals surface area contributed by atoms with Crippen molar-refractivity contribution in [3.05, 3.63) is 65.6 Å². The van der Waals surface area contributed by atoms with Crippen molar-refractivity contribution in [1.29, 1.82) is 0 Å². The Morgan fingerprint density at radius 1 is 1.19 bits per heavy atom. The van der Waals surface area contributed by atoms with Gasteiger partial charge in [0.2, 0.25) is 5.88 Å². The summed E-state index contributed by atoms with van der Waals surface area (Å²) in [5.41, 5.74) is -0.383. The summed E-state index contributed by atoms with van der Waals surface area (Å²) in [6.45, 7) is 4.41. The molecule has 0 aliphatic rings. The van der Waals surface area contributed by atoms with Crippen LogP contribution < -0.4 is 4.74 Å². The van der Waals surface area contributed by atoms with Crippen molar-refractivity contribution in [1.82, 2.24) is 24.9 Å². The molecule has 0 saturated carbocycles. The van der Waals surface area contributed by atoms with E-state index in [9.17, 15) is 22.4 Å². The molecule has 170 valence electrons. The highest BCUT2D eigenvalue weighted by Crippen LogP contribution is 2.27. The molecular weight excluding hydrogens is 430 g/mol. The zero-order valence-electron chi connectivity index (χ0n) is 17.6. The molecule has 2 aromatic heterocycles. The van der Waals surface area contributed by atoms with Gasteiger partial charge in [-0.05, 0) is 26.0 Å². The van der Waals surface area contributed by atoms with Gasteiger partial charge in [0.15, 0.2) is 11.6 Å². The molecule has 0 unspecified atom stereocenters. The van der Waals surface area contributed by atoms with E-state index in [2.05, 4.69) is 15.2 Å². The highest BCUT2D eigenvalue weighted by molar-refractivity contribution is 5.98. The fourth-order valence-corrected chi connectivity index (χ4v) is 3.04. The third kappa shape index (κ3) is 5.04. The first kappa shape index (κ1) is 23.2. The molecule has 0 aliphatic carbocycles. The Kier molecular flexibility index (Phi) is 6.75. The predicted octanol–water partition coefficient (Wildman–Crippen LogP) is 3.98. The fourth-order valence-electron chi connectivity index (χ4n) is 3.04. The summed E-state index contributed by atoms with van der Waals surface area (Å²) in [7, 11) is 0. The van der Waals surface area contributed by atoms with Gasteiger partial charge in [-0.25, -0.2) is 22.5 Å². The highest BCUT2D eigenvalue weighted by atomic mass is 19.3. The lowest BCUT2D eigenvalue weighted by Crippen LogP contribution is -2.42. The maximum Gasteiger partial charge on any atom is 0.272 e. The first-order valence-corrected chi connectivity index (χ1v) is 9.75. The van der Waals surface area contributed by atoms with Gasteiger partial charge in [0.25, 0.3) is 11.8 Å². The Morgan fingerprint density at radius 2 is 1.84 bits per heavy atom. The first-order chi connectivity index (χ1) is 15.1. The van der Waals surface area contributed by atoms with E-state index in [1.165, 1.54) is 29.4 Å². The van der Waals surface area contributed by atoms with Gasteiger partial charge in [0.05, 0.1) is 24.0 Å². The number of hydrogen-bond acceptors (Lipinski definition) is 5. The molecule has 11 heteroatoms. The summed E-state index contributed by atoms with van der Waals surface area (Å²) in [4.78, 5) is 19.5. The third-order valence-corrected chi connectivity index (χ3v) is 4.75. The van der Waals surface area contributed by atoms with Crippen LogP contribution in [0, 0.1) is 11.6 Å². The fraction of sp³-hybridized carbons (Fsp3) is 0.333. The number of halogens is 4. The van der Waals surface area contributed by atoms with Gasteiger partial charge in [-0.3, -0.25) is 4.79 Å². The lowest BCUT2D eigenvalue weighted by molar-refractivity contribution is 0.0169. The number of nitrogens with zero attached hydrogens (tertiary/aromatic N) is 5. The van der Waals surface area contributed by atoms with Gasteiger partial charge in [-0.15, -0.1) is 0 Å². The maximum atomic E-state index is 13.9. The molecule has 0 saturated heterocycles. The Bertz CT molecular complexity index is 1070. The van der Waals surface area contributed by atoms with Gasteiger partial charge < -0.3 is 9.64 Å². The van der Waals surface area contributed by atoms with Gasteiger partial charge in [0, 0.05) is 37.4 Å². The summed E-state index contributed by atoms with van der Waals surface area (Å²) in [6, 6.07) is 3.67. The van der Waals surface area contributed by atoms with Crippen LogP contribution in [0.15, 0.2) is 42.9 Å². The van der Waals surface area contributed by atoms with E-state index in [0.717, 1.165) is 30.0 Å². The second-order valence-corrected chi connectivity index (χ2v) is 7.13. The standard InChI is InChI=1S/C21H21F4N5O2/c1-4-29(13(2)12-32-19-6-5-14(11-26-19)21(3,24)25)20(31)15-9-16(22)17(23)10-18(15)30-27-7-8-28-30/h5-11,13H,4,12H2,1-3H3/t13-/m0/s1. The van der Waals surface area contributed by atoms with Crippen LogP contribution in [0.3, 0.4) is 0 Å². The van der Waals surface area contributed by atoms with Crippen LogP contribution in [0.5, 0.6) is 5.88 Å². The van der Waals surface area contributed by atoms with Crippen molar-refractivity contribution in [2.24, 2.45) is 0 Å². The molecule has 1 atom stereocenters. The van der Waals surface area contributed by atoms with Gasteiger partial charge in [-0.1, -0.05) is 0 Å². The van der Waals surface area contributed by atoms with Crippen molar-refractivity contribution in [3.8, 4) is 11.6 Å². The molecule has 3 rings (SSSR count). The second-order valence-electron chi connectivity index (χ2n) is 7.13. The minimum atomic E-state index is -3.02. The number of aromatic nitrogens is 4. The number of benzene rings is 1. The van der Waals surface area contributed by atoms with Gasteiger partial charge in [-0.2, -0.15) is 15.0 Å². The number of carbonyl (C=O) groups is 1. The van der Waals surface area contributed by atoms with Crippen LogP contribution in [0.25, 0.3) is 5.69 Å². The van der Waals surface area contributed by atoms with E-state index in [1.54, 1.807) is 13.8 Å². The smallest absolute Gasteiger partial charge is 0.272 e. The van der Waals surface area contributed by atoms with Crippen LogP contribution in [0.1, 0.15) is 36.7 Å². The number of rotatable bonds is 8. The van der Waals surface area contributed by atoms with E-state index in [-0.39, 0.29) is 35.8 Å². The molecule has 0 aliphatic heterocycles. The third-order valence-electron chi connectivity index (χ3n) is 4.75. The van der Waals surface area contributed by atoms with Crippen molar-refractivity contribution in [2.45, 2.75) is 32.7 Å². The predicted molar refractivity (Wildman–Crippen MR) is 107 cm³/mol. The molecule has 0 fully saturated rings. The van der Waals surface area contributed by atoms with E-state index in [4.69, 9.17) is 4.74 Å². The molecule has 1 aromatic carbocycles. The van der Waals surface area contributed by atoms with Crippen LogP contribution in [-0.4, -0.2) is 50.0 Å². The number of likely N-dealkylation sites (N-methyl/N-ethyl adjacent to an activating group) is 1. The molecule has 0 spiro atoms. The number of ether oxygens (including phenoxy) is 1. The second kappa shape index (κ2) is 9.33. The van der Waals surface area contributed by atoms with E-state index in [0.29, 0.717) is 0 Å². The Balaban J connectivity index is 1.78. The molecule has 0 bridgehead atoms. The number of amides is 1. The molecular formula is C21H21F4N5O2. The van der Waals surface area contributed by atoms with Crippen molar-refractivity contribution < 1.29 is 27.1 Å². The normalized spacial score (nSPS) is 12.5. The number of carbonyl (C=O) groups excluding carboxylic acids is 1. The molecule has 3 aromatic rings. The van der Waals surface area contributed by atoms with Crippen molar-refractivity contribution in [3.63, 3.8) is 0 Å². The monoisotopic (exact) mass is 451 g/mol. The summed E-state index contributed by atoms with van der Waals surface area (Å²) >= 11 is 0. The topological polar surface area (TPSA) is 73.1 Å². The number of pyridine rings is 1. The van der Waals surface area contributed by atoms with Crippen LogP contribution >= 0.6 is 0 Å². The number of hydrogen-bond donors (Lipinski definition) is 0. The molecule has 0 N–H and O–H groups in total. The Morgan fingerprint density at radius 3 is 2.41 bits per heavy atom. The maximum absolute atomic E-state index is 13.9. The first-order valence-electron chi connectivity index (χ1n) is 9.75. The van der Waals surface area contributed by atoms with Crippen molar-refractivity contribution in [2.75, 3.05) is 13.2 Å². The molecule has 32 heavy (non-hydrogen) atoms. The average Bonchev–Trinajstić information content (AvgIpc) is 3.28. The quantitative estimate of drug-likeness (QED) is 0.485. The molecule has 2 heterocycles. The minimum Gasteiger partial charge on any atom is -0.475 e.